The van der Waals surface area contributed by atoms with Crippen LogP contribution in [0.2, 0.25) is 0 Å². The Morgan fingerprint density at radius 3 is 2.86 bits per heavy atom. The number of carbonyl (C=O) groups excluding carboxylic acids is 2. The van der Waals surface area contributed by atoms with E-state index < -0.39 is 5.97 Å². The maximum Gasteiger partial charge on any atom is 1.00 e. The van der Waals surface area contributed by atoms with Gasteiger partial charge in [0.25, 0.3) is 0 Å². The van der Waals surface area contributed by atoms with Gasteiger partial charge in [-0.2, -0.15) is 0 Å². The molecule has 2 aliphatic rings. The number of nitrogens with one attached hydrogen (secondary N) is 1. The van der Waals surface area contributed by atoms with Crippen LogP contribution in [-0.4, -0.2) is 34.4 Å². The molecule has 1 aromatic heterocycles. The third kappa shape index (κ3) is 3.65. The molecule has 5 nitrogen and oxygen atoms in total. The summed E-state index contributed by atoms with van der Waals surface area (Å²) in [7, 11) is 0. The molecule has 1 N–H and O–H groups in total. The smallest absolute Gasteiger partial charge is 0.543 e. The summed E-state index contributed by atoms with van der Waals surface area (Å²) in [4.78, 5) is 26.0. The summed E-state index contributed by atoms with van der Waals surface area (Å²) >= 11 is 3.17. The van der Waals surface area contributed by atoms with Crippen LogP contribution in [0, 0.1) is 0 Å². The Kier molecular flexibility index (Phi) is 5.79. The van der Waals surface area contributed by atoms with Crippen molar-refractivity contribution in [2.45, 2.75) is 18.2 Å². The molecule has 1 atom stereocenters. The quantitative estimate of drug-likeness (QED) is 0.601. The average Bonchev–Trinajstić information content (AvgIpc) is 2.84. The summed E-state index contributed by atoms with van der Waals surface area (Å²) in [5.41, 5.74) is 0.618. The van der Waals surface area contributed by atoms with E-state index in [-0.39, 0.29) is 53.0 Å². The van der Waals surface area contributed by atoms with Crippen LogP contribution in [0.25, 0.3) is 0 Å². The van der Waals surface area contributed by atoms with Crippen molar-refractivity contribution < 1.29 is 44.3 Å². The van der Waals surface area contributed by atoms with Gasteiger partial charge in [0.1, 0.15) is 0 Å². The van der Waals surface area contributed by atoms with Crippen LogP contribution in [0.5, 0.6) is 0 Å². The van der Waals surface area contributed by atoms with Crippen LogP contribution in [0.4, 0.5) is 0 Å². The molecule has 0 spiro atoms. The third-order valence-corrected chi connectivity index (χ3v) is 5.56. The van der Waals surface area contributed by atoms with E-state index in [1.54, 1.807) is 16.7 Å². The second-order valence-corrected chi connectivity index (χ2v) is 6.87. The fraction of sp³-hybridized carbons (Fsp3) is 0.385. The van der Waals surface area contributed by atoms with E-state index in [9.17, 15) is 14.7 Å². The van der Waals surface area contributed by atoms with Gasteiger partial charge in [0.15, 0.2) is 0 Å². The minimum absolute atomic E-state index is 0. The summed E-state index contributed by atoms with van der Waals surface area (Å²) in [5, 5.41) is 16.2. The molecule has 1 aromatic rings. The number of fused-ring (bicyclic) bond motifs is 1. The zero-order chi connectivity index (χ0) is 14.1. The SMILES string of the molecule is O=C(Cc1cccs1)NC1=C(C(=O)[O-])N2CCC2SC1.[Na+]. The second kappa shape index (κ2) is 7.19. The average molecular weight is 332 g/mol. The predicted molar refractivity (Wildman–Crippen MR) is 75.8 cm³/mol. The Bertz CT molecular complexity index is 574. The fourth-order valence-corrected chi connectivity index (χ4v) is 4.27. The molecular formula is C13H13N2NaO3S2. The maximum atomic E-state index is 12.0. The molecule has 0 radical (unpaired) electrons. The minimum Gasteiger partial charge on any atom is -0.543 e. The Morgan fingerprint density at radius 2 is 2.29 bits per heavy atom. The van der Waals surface area contributed by atoms with Crippen LogP contribution in [0.15, 0.2) is 28.9 Å². The van der Waals surface area contributed by atoms with Gasteiger partial charge < -0.3 is 20.1 Å². The number of carbonyl (C=O) groups is 2. The zero-order valence-electron chi connectivity index (χ0n) is 11.6. The molecule has 0 aliphatic carbocycles. The summed E-state index contributed by atoms with van der Waals surface area (Å²) in [5.74, 6) is -0.872. The van der Waals surface area contributed by atoms with E-state index in [4.69, 9.17) is 0 Å². The van der Waals surface area contributed by atoms with Crippen LogP contribution in [0.3, 0.4) is 0 Å². The van der Waals surface area contributed by atoms with Crippen molar-refractivity contribution in [2.75, 3.05) is 12.3 Å². The molecule has 0 bridgehead atoms. The van der Waals surface area contributed by atoms with Crippen molar-refractivity contribution in [3.05, 3.63) is 33.8 Å². The van der Waals surface area contributed by atoms with Crippen molar-refractivity contribution in [2.24, 2.45) is 0 Å². The van der Waals surface area contributed by atoms with Crippen LogP contribution < -0.4 is 40.0 Å². The third-order valence-electron chi connectivity index (χ3n) is 3.36. The Morgan fingerprint density at radius 1 is 1.48 bits per heavy atom. The first kappa shape index (κ1) is 16.9. The number of hydrogen-bond acceptors (Lipinski definition) is 6. The van der Waals surface area contributed by atoms with Crippen molar-refractivity contribution in [1.29, 1.82) is 0 Å². The van der Waals surface area contributed by atoms with Crippen molar-refractivity contribution in [1.82, 2.24) is 10.2 Å². The standard InChI is InChI=1S/C13H14N2O3S2.Na/c16-10(6-8-2-1-5-19-8)14-9-7-20-11-3-4-15(11)12(9)13(17)18;/h1-2,5,11H,3-4,6-7H2,(H,14,16)(H,17,18);/q;+1/p-1. The monoisotopic (exact) mass is 332 g/mol. The molecule has 0 aromatic carbocycles. The van der Waals surface area contributed by atoms with E-state index in [1.165, 1.54) is 11.3 Å². The summed E-state index contributed by atoms with van der Waals surface area (Å²) in [6.07, 6.45) is 1.26. The Labute approximate surface area is 153 Å². The fourth-order valence-electron chi connectivity index (χ4n) is 2.33. The van der Waals surface area contributed by atoms with Gasteiger partial charge in [-0.05, 0) is 17.9 Å². The summed E-state index contributed by atoms with van der Waals surface area (Å²) in [6, 6.07) is 3.78. The molecule has 21 heavy (non-hydrogen) atoms. The number of carboxylic acids is 1. The van der Waals surface area contributed by atoms with Crippen LogP contribution >= 0.6 is 23.1 Å². The molecule has 3 heterocycles. The zero-order valence-corrected chi connectivity index (χ0v) is 15.3. The first-order chi connectivity index (χ1) is 9.65. The number of amides is 1. The molecule has 1 fully saturated rings. The molecular weight excluding hydrogens is 319 g/mol. The van der Waals surface area contributed by atoms with Gasteiger partial charge >= 0.3 is 29.6 Å². The number of nitrogens with zero attached hydrogens (tertiary/aromatic N) is 1. The number of hydrogen-bond donors (Lipinski definition) is 1. The van der Waals surface area contributed by atoms with Gasteiger partial charge in [0.05, 0.1) is 29.2 Å². The van der Waals surface area contributed by atoms with E-state index in [1.807, 2.05) is 17.5 Å². The molecule has 1 saturated heterocycles. The topological polar surface area (TPSA) is 72.5 Å². The van der Waals surface area contributed by atoms with E-state index in [0.29, 0.717) is 18.0 Å². The number of thioether (sulfide) groups is 1. The van der Waals surface area contributed by atoms with E-state index in [0.717, 1.165) is 11.3 Å². The predicted octanol–water partition coefficient (Wildman–Crippen LogP) is -2.85. The maximum absolute atomic E-state index is 12.0. The minimum atomic E-state index is -1.21. The van der Waals surface area contributed by atoms with Gasteiger partial charge in [0.2, 0.25) is 5.91 Å². The molecule has 3 rings (SSSR count). The molecule has 8 heteroatoms. The van der Waals surface area contributed by atoms with Gasteiger partial charge in [-0.3, -0.25) is 4.79 Å². The van der Waals surface area contributed by atoms with Gasteiger partial charge in [-0.25, -0.2) is 0 Å². The van der Waals surface area contributed by atoms with Gasteiger partial charge in [0, 0.05) is 17.2 Å². The normalized spacial score (nSPS) is 20.2. The van der Waals surface area contributed by atoms with Crippen molar-refractivity contribution in [3.63, 3.8) is 0 Å². The number of aliphatic carboxylic acids is 1. The molecule has 1 unspecified atom stereocenters. The molecule has 1 amide bonds. The van der Waals surface area contributed by atoms with Crippen molar-refractivity contribution >= 4 is 35.0 Å². The summed E-state index contributed by atoms with van der Waals surface area (Å²) in [6.45, 7) is 0.714. The molecule has 0 saturated carbocycles. The molecule has 2 aliphatic heterocycles. The van der Waals surface area contributed by atoms with Crippen LogP contribution in [-0.2, 0) is 16.0 Å². The Balaban J connectivity index is 0.00000161. The second-order valence-electron chi connectivity index (χ2n) is 4.67. The van der Waals surface area contributed by atoms with E-state index in [2.05, 4.69) is 5.32 Å². The summed E-state index contributed by atoms with van der Waals surface area (Å²) < 4.78 is 0. The Hall–Kier alpha value is -0.470. The van der Waals surface area contributed by atoms with E-state index >= 15 is 0 Å². The van der Waals surface area contributed by atoms with Crippen molar-refractivity contribution in [3.8, 4) is 0 Å². The van der Waals surface area contributed by atoms with Crippen LogP contribution in [0.1, 0.15) is 11.3 Å². The van der Waals surface area contributed by atoms with Gasteiger partial charge in [-0.1, -0.05) is 6.07 Å². The first-order valence-electron chi connectivity index (χ1n) is 6.30. The first-order valence-corrected chi connectivity index (χ1v) is 8.23. The number of carboxylic acid groups (broad SMARTS) is 1. The number of thiophene rings is 1. The largest absolute Gasteiger partial charge is 1.00 e. The van der Waals surface area contributed by atoms with Gasteiger partial charge in [-0.15, -0.1) is 23.1 Å². The number of rotatable bonds is 4. The molecule has 106 valence electrons.